The summed E-state index contributed by atoms with van der Waals surface area (Å²) in [4.78, 5) is 9.90. The fourth-order valence-corrected chi connectivity index (χ4v) is 6.42. The van der Waals surface area contributed by atoms with Gasteiger partial charge in [0, 0.05) is 68.0 Å². The molecule has 5 nitrogen and oxygen atoms in total. The smallest absolute Gasteiger partial charge is 0.161 e. The third-order valence-electron chi connectivity index (χ3n) is 8.07. The van der Waals surface area contributed by atoms with Crippen LogP contribution in [0.5, 0.6) is 0 Å². The zero-order valence-corrected chi connectivity index (χ0v) is 20.1. The minimum absolute atomic E-state index is 0.213. The molecule has 0 atom stereocenters. The van der Waals surface area contributed by atoms with Crippen molar-refractivity contribution in [3.63, 3.8) is 0 Å². The predicted octanol–water partition coefficient (Wildman–Crippen LogP) is 5.43. The van der Waals surface area contributed by atoms with E-state index in [0.29, 0.717) is 5.41 Å². The van der Waals surface area contributed by atoms with Gasteiger partial charge in [-0.2, -0.15) is 0 Å². The van der Waals surface area contributed by atoms with Crippen LogP contribution in [0.25, 0.3) is 28.3 Å². The van der Waals surface area contributed by atoms with Crippen molar-refractivity contribution in [1.29, 1.82) is 0 Å². The number of fused-ring (bicyclic) bond motifs is 5. The highest BCUT2D eigenvalue weighted by molar-refractivity contribution is 5.72. The van der Waals surface area contributed by atoms with E-state index in [0.717, 1.165) is 42.3 Å². The second-order valence-electron chi connectivity index (χ2n) is 10.6. The fourth-order valence-electron chi connectivity index (χ4n) is 6.42. The summed E-state index contributed by atoms with van der Waals surface area (Å²) in [5, 5.41) is 0. The van der Waals surface area contributed by atoms with Gasteiger partial charge in [-0.3, -0.25) is 4.57 Å². The summed E-state index contributed by atoms with van der Waals surface area (Å²) in [6.07, 6.45) is 8.63. The lowest BCUT2D eigenvalue weighted by atomic mass is 9.79. The number of imidazole rings is 1. The minimum atomic E-state index is -0.213. The van der Waals surface area contributed by atoms with Gasteiger partial charge in [0.15, 0.2) is 5.82 Å². The predicted molar refractivity (Wildman–Crippen MR) is 137 cm³/mol. The lowest BCUT2D eigenvalue weighted by Gasteiger charge is -2.48. The summed E-state index contributed by atoms with van der Waals surface area (Å²) in [6.45, 7) is 9.08. The van der Waals surface area contributed by atoms with Crippen LogP contribution in [0.2, 0.25) is 0 Å². The van der Waals surface area contributed by atoms with Gasteiger partial charge in [0.2, 0.25) is 0 Å². The van der Waals surface area contributed by atoms with E-state index >= 15 is 0 Å². The summed E-state index contributed by atoms with van der Waals surface area (Å²) in [7, 11) is 0. The molecule has 0 radical (unpaired) electrons. The van der Waals surface area contributed by atoms with Gasteiger partial charge in [0.25, 0.3) is 0 Å². The van der Waals surface area contributed by atoms with E-state index in [-0.39, 0.29) is 5.82 Å². The average molecular weight is 468 g/mol. The molecular formula is C29H30FN5. The standard InChI is InChI=1S/C29H30FN5/c1-2-11-32-18-29(19-32)9-12-33(20-29)25-7-8-26-23(14-25)17-34-16-22(21-3-5-24(30)6-4-21)15-27(34)28-31-10-13-35(26)28/h3-8,10,13-16H,2,9,11-12,17-20H2,1H3. The van der Waals surface area contributed by atoms with Gasteiger partial charge >= 0.3 is 0 Å². The molecule has 2 saturated heterocycles. The van der Waals surface area contributed by atoms with Gasteiger partial charge in [-0.25, -0.2) is 9.37 Å². The molecule has 2 fully saturated rings. The molecule has 3 aliphatic heterocycles. The second-order valence-corrected chi connectivity index (χ2v) is 10.6. The molecular weight excluding hydrogens is 437 g/mol. The molecule has 1 spiro atoms. The van der Waals surface area contributed by atoms with Gasteiger partial charge in [-0.15, -0.1) is 0 Å². The number of anilines is 1. The number of aromatic nitrogens is 3. The second kappa shape index (κ2) is 7.82. The minimum Gasteiger partial charge on any atom is -0.371 e. The van der Waals surface area contributed by atoms with E-state index in [2.05, 4.69) is 62.5 Å². The van der Waals surface area contributed by atoms with Crippen molar-refractivity contribution in [3.8, 4) is 28.3 Å². The number of rotatable bonds is 4. The van der Waals surface area contributed by atoms with Gasteiger partial charge in [0.1, 0.15) is 5.82 Å². The Morgan fingerprint density at radius 1 is 1.00 bits per heavy atom. The first kappa shape index (κ1) is 20.9. The molecule has 3 aliphatic rings. The van der Waals surface area contributed by atoms with E-state index in [1.807, 2.05) is 18.3 Å². The molecule has 7 rings (SSSR count). The molecule has 178 valence electrons. The number of benzene rings is 2. The first-order valence-corrected chi connectivity index (χ1v) is 12.7. The maximum atomic E-state index is 13.5. The Labute approximate surface area is 205 Å². The molecule has 0 bridgehead atoms. The Morgan fingerprint density at radius 3 is 2.69 bits per heavy atom. The van der Waals surface area contributed by atoms with E-state index in [1.165, 1.54) is 61.5 Å². The SMILES string of the molecule is CCCN1CC2(CCN(c3ccc4c(c3)Cn3cc(-c5ccc(F)cc5)cc3-c3nccn3-4)C2)C1. The maximum Gasteiger partial charge on any atom is 0.161 e. The van der Waals surface area contributed by atoms with Crippen LogP contribution in [0.4, 0.5) is 10.1 Å². The van der Waals surface area contributed by atoms with Crippen molar-refractivity contribution < 1.29 is 4.39 Å². The first-order chi connectivity index (χ1) is 17.1. The van der Waals surface area contributed by atoms with Gasteiger partial charge in [-0.05, 0) is 66.9 Å². The molecule has 0 aliphatic carbocycles. The van der Waals surface area contributed by atoms with E-state index in [9.17, 15) is 4.39 Å². The van der Waals surface area contributed by atoms with Crippen LogP contribution in [0.3, 0.4) is 0 Å². The van der Waals surface area contributed by atoms with Crippen LogP contribution in [0, 0.1) is 11.2 Å². The average Bonchev–Trinajstić information content (AvgIpc) is 3.57. The molecule has 0 N–H and O–H groups in total. The molecule has 2 aromatic heterocycles. The highest BCUT2D eigenvalue weighted by atomic mass is 19.1. The van der Waals surface area contributed by atoms with E-state index in [1.54, 1.807) is 0 Å². The Hall–Kier alpha value is -3.38. The zero-order valence-electron chi connectivity index (χ0n) is 20.1. The van der Waals surface area contributed by atoms with Crippen LogP contribution in [0.15, 0.2) is 67.1 Å². The summed E-state index contributed by atoms with van der Waals surface area (Å²) in [5.41, 5.74) is 7.47. The maximum absolute atomic E-state index is 13.5. The summed E-state index contributed by atoms with van der Waals surface area (Å²) < 4.78 is 18.0. The highest BCUT2D eigenvalue weighted by Gasteiger charge is 2.47. The van der Waals surface area contributed by atoms with Crippen LogP contribution in [0.1, 0.15) is 25.3 Å². The van der Waals surface area contributed by atoms with E-state index < -0.39 is 0 Å². The van der Waals surface area contributed by atoms with Crippen molar-refractivity contribution in [3.05, 3.63) is 78.5 Å². The lowest BCUT2D eigenvalue weighted by Crippen LogP contribution is -2.57. The Kier molecular flexibility index (Phi) is 4.68. The zero-order chi connectivity index (χ0) is 23.6. The third-order valence-corrected chi connectivity index (χ3v) is 8.07. The number of likely N-dealkylation sites (tertiary alicyclic amines) is 1. The fraction of sp³-hybridized carbons (Fsp3) is 0.345. The van der Waals surface area contributed by atoms with E-state index in [4.69, 9.17) is 4.98 Å². The van der Waals surface area contributed by atoms with Crippen molar-refractivity contribution >= 4 is 5.69 Å². The number of hydrogen-bond donors (Lipinski definition) is 0. The van der Waals surface area contributed by atoms with Gasteiger partial charge in [-0.1, -0.05) is 19.1 Å². The largest absolute Gasteiger partial charge is 0.371 e. The third kappa shape index (κ3) is 3.42. The Balaban J connectivity index is 1.21. The topological polar surface area (TPSA) is 29.2 Å². The first-order valence-electron chi connectivity index (χ1n) is 12.7. The van der Waals surface area contributed by atoms with Crippen molar-refractivity contribution in [2.24, 2.45) is 5.41 Å². The molecule has 4 aromatic rings. The molecule has 6 heteroatoms. The van der Waals surface area contributed by atoms with Crippen LogP contribution < -0.4 is 4.90 Å². The molecule has 2 aromatic carbocycles. The summed E-state index contributed by atoms with van der Waals surface area (Å²) >= 11 is 0. The number of nitrogens with zero attached hydrogens (tertiary/aromatic N) is 5. The number of halogens is 1. The lowest BCUT2D eigenvalue weighted by molar-refractivity contribution is 0.0188. The molecule has 0 unspecified atom stereocenters. The van der Waals surface area contributed by atoms with Crippen LogP contribution in [-0.2, 0) is 6.54 Å². The van der Waals surface area contributed by atoms with Crippen molar-refractivity contribution in [2.75, 3.05) is 37.6 Å². The molecule has 5 heterocycles. The summed E-state index contributed by atoms with van der Waals surface area (Å²) in [5.74, 6) is 0.727. The molecule has 0 amide bonds. The van der Waals surface area contributed by atoms with Crippen molar-refractivity contribution in [1.82, 2.24) is 19.0 Å². The monoisotopic (exact) mass is 467 g/mol. The van der Waals surface area contributed by atoms with Crippen LogP contribution in [-0.4, -0.2) is 51.7 Å². The van der Waals surface area contributed by atoms with Gasteiger partial charge < -0.3 is 14.4 Å². The Bertz CT molecular complexity index is 1390. The Morgan fingerprint density at radius 2 is 1.86 bits per heavy atom. The quantitative estimate of drug-likeness (QED) is 0.353. The normalized spacial score (nSPS) is 18.2. The highest BCUT2D eigenvalue weighted by Crippen LogP contribution is 2.42. The van der Waals surface area contributed by atoms with Gasteiger partial charge in [0.05, 0.1) is 11.4 Å². The molecule has 35 heavy (non-hydrogen) atoms. The summed E-state index contributed by atoms with van der Waals surface area (Å²) in [6, 6.07) is 15.8. The number of hydrogen-bond acceptors (Lipinski definition) is 3. The molecule has 0 saturated carbocycles. The van der Waals surface area contributed by atoms with Crippen LogP contribution >= 0.6 is 0 Å². The van der Waals surface area contributed by atoms with Crippen molar-refractivity contribution in [2.45, 2.75) is 26.3 Å².